The van der Waals surface area contributed by atoms with Crippen LogP contribution in [0.15, 0.2) is 18.2 Å². The molecule has 1 heterocycles. The Hall–Kier alpha value is -1.42. The fraction of sp³-hybridized carbons (Fsp3) is 0.571. The van der Waals surface area contributed by atoms with Gasteiger partial charge in [0.2, 0.25) is 0 Å². The number of likely N-dealkylation sites (tertiary alicyclic amines) is 1. The molecule has 100 valence electrons. The van der Waals surface area contributed by atoms with Crippen LogP contribution in [0.3, 0.4) is 0 Å². The monoisotopic (exact) mass is 249 g/mol. The van der Waals surface area contributed by atoms with Gasteiger partial charge in [-0.15, -0.1) is 0 Å². The number of nitrogen functional groups attached to an aromatic ring is 1. The van der Waals surface area contributed by atoms with Crippen molar-refractivity contribution in [2.75, 3.05) is 37.8 Å². The molecule has 0 saturated carbocycles. The first-order chi connectivity index (χ1) is 8.74. The Morgan fingerprint density at radius 1 is 1.50 bits per heavy atom. The first-order valence-corrected chi connectivity index (χ1v) is 6.66. The summed E-state index contributed by atoms with van der Waals surface area (Å²) in [6, 6.07) is 6.50. The van der Waals surface area contributed by atoms with Crippen LogP contribution in [-0.4, -0.2) is 37.7 Å². The zero-order chi connectivity index (χ0) is 13.0. The molecule has 0 aromatic heterocycles. The number of benzene rings is 1. The highest BCUT2D eigenvalue weighted by molar-refractivity contribution is 5.61. The van der Waals surface area contributed by atoms with E-state index in [1.807, 2.05) is 18.2 Å². The Bertz CT molecular complexity index is 395. The van der Waals surface area contributed by atoms with E-state index in [4.69, 9.17) is 10.5 Å². The summed E-state index contributed by atoms with van der Waals surface area (Å²) in [6.07, 6.45) is 2.60. The van der Waals surface area contributed by atoms with Crippen molar-refractivity contribution in [3.63, 3.8) is 0 Å². The van der Waals surface area contributed by atoms with E-state index in [0.717, 1.165) is 24.5 Å². The second kappa shape index (κ2) is 5.96. The second-order valence-corrected chi connectivity index (χ2v) is 4.76. The minimum atomic E-state index is 0.651. The number of anilines is 2. The van der Waals surface area contributed by atoms with Crippen LogP contribution >= 0.6 is 0 Å². The number of rotatable bonds is 5. The lowest BCUT2D eigenvalue weighted by Crippen LogP contribution is -2.34. The van der Waals surface area contributed by atoms with E-state index in [1.54, 1.807) is 7.11 Å². The maximum absolute atomic E-state index is 5.80. The molecule has 1 saturated heterocycles. The number of likely N-dealkylation sites (N-methyl/N-ethyl adjacent to an activating group) is 1. The molecule has 0 bridgehead atoms. The minimum Gasteiger partial charge on any atom is -0.495 e. The Morgan fingerprint density at radius 2 is 2.33 bits per heavy atom. The molecule has 2 rings (SSSR count). The van der Waals surface area contributed by atoms with Crippen molar-refractivity contribution in [2.45, 2.75) is 25.8 Å². The summed E-state index contributed by atoms with van der Waals surface area (Å²) in [5.74, 6) is 0.735. The maximum atomic E-state index is 5.80. The van der Waals surface area contributed by atoms with Crippen LogP contribution in [0.1, 0.15) is 19.8 Å². The van der Waals surface area contributed by atoms with Crippen LogP contribution in [0.2, 0.25) is 0 Å². The van der Waals surface area contributed by atoms with E-state index >= 15 is 0 Å². The maximum Gasteiger partial charge on any atom is 0.143 e. The quantitative estimate of drug-likeness (QED) is 0.785. The summed E-state index contributed by atoms with van der Waals surface area (Å²) >= 11 is 0. The Morgan fingerprint density at radius 3 is 3.06 bits per heavy atom. The molecule has 1 aliphatic heterocycles. The van der Waals surface area contributed by atoms with E-state index in [1.165, 1.54) is 19.4 Å². The van der Waals surface area contributed by atoms with Crippen molar-refractivity contribution in [1.82, 2.24) is 4.90 Å². The third-order valence-electron chi connectivity index (χ3n) is 3.68. The number of hydrogen-bond donors (Lipinski definition) is 2. The number of nitrogens with one attached hydrogen (secondary N) is 1. The Balaban J connectivity index is 1.93. The molecule has 1 aliphatic rings. The summed E-state index contributed by atoms with van der Waals surface area (Å²) in [6.45, 7) is 5.58. The SMILES string of the molecule is CCN1CCCC1CNc1ccc(N)c(OC)c1. The lowest BCUT2D eigenvalue weighted by atomic mass is 10.2. The van der Waals surface area contributed by atoms with Gasteiger partial charge in [-0.3, -0.25) is 4.90 Å². The summed E-state index contributed by atoms with van der Waals surface area (Å²) in [4.78, 5) is 2.53. The number of hydrogen-bond acceptors (Lipinski definition) is 4. The summed E-state index contributed by atoms with van der Waals surface area (Å²) < 4.78 is 5.22. The van der Waals surface area contributed by atoms with Gasteiger partial charge in [-0.05, 0) is 38.1 Å². The zero-order valence-electron chi connectivity index (χ0n) is 11.3. The van der Waals surface area contributed by atoms with Gasteiger partial charge in [0.1, 0.15) is 5.75 Å². The van der Waals surface area contributed by atoms with E-state index < -0.39 is 0 Å². The van der Waals surface area contributed by atoms with Crippen molar-refractivity contribution >= 4 is 11.4 Å². The normalized spacial score (nSPS) is 20.0. The summed E-state index contributed by atoms with van der Waals surface area (Å²) in [7, 11) is 1.64. The first kappa shape index (κ1) is 13.0. The van der Waals surface area contributed by atoms with Gasteiger partial charge in [-0.2, -0.15) is 0 Å². The molecular weight excluding hydrogens is 226 g/mol. The molecule has 4 nitrogen and oxygen atoms in total. The van der Waals surface area contributed by atoms with Crippen molar-refractivity contribution in [2.24, 2.45) is 0 Å². The number of nitrogens with zero attached hydrogens (tertiary/aromatic N) is 1. The Kier molecular flexibility index (Phi) is 4.31. The molecule has 1 aromatic carbocycles. The average Bonchev–Trinajstić information content (AvgIpc) is 2.85. The Labute approximate surface area is 109 Å². The van der Waals surface area contributed by atoms with Gasteiger partial charge in [-0.25, -0.2) is 0 Å². The van der Waals surface area contributed by atoms with Crippen molar-refractivity contribution < 1.29 is 4.74 Å². The number of ether oxygens (including phenoxy) is 1. The van der Waals surface area contributed by atoms with Gasteiger partial charge < -0.3 is 15.8 Å². The van der Waals surface area contributed by atoms with Crippen LogP contribution in [0, 0.1) is 0 Å². The third-order valence-corrected chi connectivity index (χ3v) is 3.68. The average molecular weight is 249 g/mol. The van der Waals surface area contributed by atoms with Crippen LogP contribution in [0.4, 0.5) is 11.4 Å². The molecule has 3 N–H and O–H groups in total. The van der Waals surface area contributed by atoms with Crippen LogP contribution < -0.4 is 15.8 Å². The van der Waals surface area contributed by atoms with E-state index in [0.29, 0.717) is 11.7 Å². The molecule has 0 aliphatic carbocycles. The molecule has 1 fully saturated rings. The molecule has 4 heteroatoms. The van der Waals surface area contributed by atoms with Gasteiger partial charge in [-0.1, -0.05) is 6.92 Å². The smallest absolute Gasteiger partial charge is 0.143 e. The van der Waals surface area contributed by atoms with Gasteiger partial charge >= 0.3 is 0 Å². The molecule has 0 spiro atoms. The van der Waals surface area contributed by atoms with Gasteiger partial charge in [0.05, 0.1) is 12.8 Å². The van der Waals surface area contributed by atoms with E-state index in [9.17, 15) is 0 Å². The molecule has 18 heavy (non-hydrogen) atoms. The predicted molar refractivity (Wildman–Crippen MR) is 76.2 cm³/mol. The summed E-state index contributed by atoms with van der Waals surface area (Å²) in [5, 5.41) is 3.48. The van der Waals surface area contributed by atoms with Crippen molar-refractivity contribution in [1.29, 1.82) is 0 Å². The highest BCUT2D eigenvalue weighted by Gasteiger charge is 2.22. The zero-order valence-corrected chi connectivity index (χ0v) is 11.3. The largest absolute Gasteiger partial charge is 0.495 e. The topological polar surface area (TPSA) is 50.5 Å². The van der Waals surface area contributed by atoms with Crippen molar-refractivity contribution in [3.05, 3.63) is 18.2 Å². The van der Waals surface area contributed by atoms with Crippen molar-refractivity contribution in [3.8, 4) is 5.75 Å². The molecule has 1 unspecified atom stereocenters. The molecular formula is C14H23N3O. The molecule has 1 atom stereocenters. The number of nitrogens with two attached hydrogens (primary N) is 1. The third kappa shape index (κ3) is 2.88. The summed E-state index contributed by atoms with van der Waals surface area (Å²) in [5.41, 5.74) is 7.55. The van der Waals surface area contributed by atoms with E-state index in [-0.39, 0.29) is 0 Å². The van der Waals surface area contributed by atoms with Crippen LogP contribution in [-0.2, 0) is 0 Å². The molecule has 0 radical (unpaired) electrons. The van der Waals surface area contributed by atoms with Gasteiger partial charge in [0, 0.05) is 24.3 Å². The lowest BCUT2D eigenvalue weighted by Gasteiger charge is -2.23. The standard InChI is InChI=1S/C14H23N3O/c1-3-17-8-4-5-12(17)10-16-11-6-7-13(15)14(9-11)18-2/h6-7,9,12,16H,3-5,8,10,15H2,1-2H3. The predicted octanol–water partition coefficient (Wildman–Crippen LogP) is 2.17. The minimum absolute atomic E-state index is 0.651. The van der Waals surface area contributed by atoms with Gasteiger partial charge in [0.15, 0.2) is 0 Å². The van der Waals surface area contributed by atoms with Crippen LogP contribution in [0.5, 0.6) is 5.75 Å². The number of methoxy groups -OCH3 is 1. The fourth-order valence-corrected chi connectivity index (χ4v) is 2.60. The van der Waals surface area contributed by atoms with Crippen LogP contribution in [0.25, 0.3) is 0 Å². The second-order valence-electron chi connectivity index (χ2n) is 4.76. The molecule has 1 aromatic rings. The van der Waals surface area contributed by atoms with Gasteiger partial charge in [0.25, 0.3) is 0 Å². The van der Waals surface area contributed by atoms with E-state index in [2.05, 4.69) is 17.1 Å². The lowest BCUT2D eigenvalue weighted by molar-refractivity contribution is 0.277. The fourth-order valence-electron chi connectivity index (χ4n) is 2.60. The molecule has 0 amide bonds. The highest BCUT2D eigenvalue weighted by Crippen LogP contribution is 2.25. The highest BCUT2D eigenvalue weighted by atomic mass is 16.5. The first-order valence-electron chi connectivity index (χ1n) is 6.66.